The molecule has 0 saturated heterocycles. The smallest absolute Gasteiger partial charge is 0.324 e. The van der Waals surface area contributed by atoms with E-state index in [4.69, 9.17) is 23.2 Å². The Bertz CT molecular complexity index is 1020. The molecule has 0 aliphatic carbocycles. The third-order valence-electron chi connectivity index (χ3n) is 3.49. The van der Waals surface area contributed by atoms with Crippen LogP contribution in [0.25, 0.3) is 5.65 Å². The van der Waals surface area contributed by atoms with Crippen LogP contribution < -0.4 is 5.32 Å². The zero-order chi connectivity index (χ0) is 19.8. The zero-order valence-electron chi connectivity index (χ0n) is 13.6. The van der Waals surface area contributed by atoms with E-state index in [2.05, 4.69) is 15.5 Å². The van der Waals surface area contributed by atoms with Crippen molar-refractivity contribution in [1.82, 2.24) is 14.6 Å². The first-order chi connectivity index (χ1) is 12.6. The van der Waals surface area contributed by atoms with Gasteiger partial charge in [-0.3, -0.25) is 9.20 Å². The van der Waals surface area contributed by atoms with Gasteiger partial charge >= 0.3 is 6.18 Å². The van der Waals surface area contributed by atoms with Gasteiger partial charge in [-0.05, 0) is 30.7 Å². The van der Waals surface area contributed by atoms with Crippen LogP contribution in [0.4, 0.5) is 18.9 Å². The molecule has 0 bridgehead atoms. The number of alkyl halides is 3. The van der Waals surface area contributed by atoms with E-state index >= 15 is 0 Å². The number of pyridine rings is 1. The minimum atomic E-state index is -4.57. The fraction of sp³-hybridized carbons (Fsp3) is 0.188. The maximum atomic E-state index is 13.0. The molecule has 2 aromatic heterocycles. The van der Waals surface area contributed by atoms with E-state index in [1.54, 1.807) is 18.2 Å². The van der Waals surface area contributed by atoms with Crippen LogP contribution in [0.5, 0.6) is 0 Å². The molecule has 5 nitrogen and oxygen atoms in total. The van der Waals surface area contributed by atoms with Crippen LogP contribution in [0.1, 0.15) is 11.1 Å². The number of hydrogen-bond acceptors (Lipinski definition) is 4. The van der Waals surface area contributed by atoms with Gasteiger partial charge in [0.2, 0.25) is 5.91 Å². The summed E-state index contributed by atoms with van der Waals surface area (Å²) in [5.41, 5.74) is 0.535. The highest BCUT2D eigenvalue weighted by atomic mass is 35.5. The molecule has 0 radical (unpaired) electrons. The second-order valence-electron chi connectivity index (χ2n) is 5.57. The lowest BCUT2D eigenvalue weighted by Crippen LogP contribution is -2.14. The second-order valence-corrected chi connectivity index (χ2v) is 7.33. The highest BCUT2D eigenvalue weighted by Gasteiger charge is 2.32. The molecule has 1 aromatic carbocycles. The van der Waals surface area contributed by atoms with Crippen LogP contribution in [0.2, 0.25) is 10.0 Å². The molecular formula is C16H11Cl2F3N4OS. The summed E-state index contributed by atoms with van der Waals surface area (Å²) in [5, 5.41) is 10.5. The van der Waals surface area contributed by atoms with Crippen LogP contribution in [0, 0.1) is 6.92 Å². The Morgan fingerprint density at radius 2 is 1.96 bits per heavy atom. The Balaban J connectivity index is 1.76. The summed E-state index contributed by atoms with van der Waals surface area (Å²) in [6.45, 7) is 1.87. The van der Waals surface area contributed by atoms with Gasteiger partial charge in [-0.2, -0.15) is 13.2 Å². The molecule has 2 heterocycles. The maximum absolute atomic E-state index is 13.0. The van der Waals surface area contributed by atoms with Gasteiger partial charge in [0.15, 0.2) is 10.8 Å². The summed E-state index contributed by atoms with van der Waals surface area (Å²) >= 11 is 12.8. The van der Waals surface area contributed by atoms with Crippen molar-refractivity contribution in [2.45, 2.75) is 18.3 Å². The molecule has 0 aliphatic rings. The monoisotopic (exact) mass is 434 g/mol. The minimum Gasteiger partial charge on any atom is -0.324 e. The number of aryl methyl sites for hydroxylation is 1. The van der Waals surface area contributed by atoms with Crippen molar-refractivity contribution in [1.29, 1.82) is 0 Å². The number of nitrogens with one attached hydrogen (secondary N) is 1. The lowest BCUT2D eigenvalue weighted by molar-refractivity contribution is -0.137. The molecule has 27 heavy (non-hydrogen) atoms. The molecule has 0 atom stereocenters. The highest BCUT2D eigenvalue weighted by molar-refractivity contribution is 7.99. The van der Waals surface area contributed by atoms with E-state index in [1.807, 2.05) is 6.92 Å². The standard InChI is InChI=1S/C16H11Cl2F3N4OS/c1-8-2-3-12(10(17)4-8)22-13(26)7-27-15-24-23-14-11(18)5-9(6-25(14)15)16(19,20)21/h2-6H,7H2,1H3,(H,22,26). The van der Waals surface area contributed by atoms with Gasteiger partial charge in [0.05, 0.1) is 27.0 Å². The Hall–Kier alpha value is -1.97. The molecule has 0 aliphatic heterocycles. The zero-order valence-corrected chi connectivity index (χ0v) is 16.0. The van der Waals surface area contributed by atoms with Crippen molar-refractivity contribution in [2.75, 3.05) is 11.1 Å². The van der Waals surface area contributed by atoms with Crippen LogP contribution in [-0.2, 0) is 11.0 Å². The van der Waals surface area contributed by atoms with E-state index in [0.717, 1.165) is 34.0 Å². The van der Waals surface area contributed by atoms with Gasteiger partial charge in [0.25, 0.3) is 0 Å². The number of hydrogen-bond donors (Lipinski definition) is 1. The highest BCUT2D eigenvalue weighted by Crippen LogP contribution is 2.33. The Labute approximate surface area is 165 Å². The molecule has 142 valence electrons. The van der Waals surface area contributed by atoms with Crippen LogP contribution in [0.3, 0.4) is 0 Å². The van der Waals surface area contributed by atoms with Crippen molar-refractivity contribution < 1.29 is 18.0 Å². The lowest BCUT2D eigenvalue weighted by Gasteiger charge is -2.09. The number of carbonyl (C=O) groups is 1. The van der Waals surface area contributed by atoms with Gasteiger partial charge in [0.1, 0.15) is 0 Å². The number of anilines is 1. The molecule has 3 aromatic rings. The summed E-state index contributed by atoms with van der Waals surface area (Å²) in [7, 11) is 0. The van der Waals surface area contributed by atoms with Crippen molar-refractivity contribution in [3.05, 3.63) is 51.6 Å². The quantitative estimate of drug-likeness (QED) is 0.580. The summed E-state index contributed by atoms with van der Waals surface area (Å²) in [6, 6.07) is 5.95. The molecule has 0 fully saturated rings. The molecule has 0 saturated carbocycles. The van der Waals surface area contributed by atoms with Gasteiger partial charge in [0, 0.05) is 6.20 Å². The van der Waals surface area contributed by atoms with Gasteiger partial charge in [-0.25, -0.2) is 0 Å². The van der Waals surface area contributed by atoms with Crippen molar-refractivity contribution in [2.24, 2.45) is 0 Å². The lowest BCUT2D eigenvalue weighted by atomic mass is 10.2. The van der Waals surface area contributed by atoms with Crippen molar-refractivity contribution >= 4 is 52.2 Å². The van der Waals surface area contributed by atoms with Crippen LogP contribution in [0.15, 0.2) is 35.6 Å². The van der Waals surface area contributed by atoms with Crippen LogP contribution >= 0.6 is 35.0 Å². The first-order valence-electron chi connectivity index (χ1n) is 7.45. The largest absolute Gasteiger partial charge is 0.417 e. The summed E-state index contributed by atoms with van der Waals surface area (Å²) < 4.78 is 40.0. The molecule has 1 amide bonds. The van der Waals surface area contributed by atoms with Gasteiger partial charge in [-0.1, -0.05) is 41.0 Å². The number of thioether (sulfide) groups is 1. The number of halogens is 5. The predicted molar refractivity (Wildman–Crippen MR) is 98.5 cm³/mol. The fourth-order valence-electron chi connectivity index (χ4n) is 2.23. The number of amides is 1. The SMILES string of the molecule is Cc1ccc(NC(=O)CSc2nnc3c(Cl)cc(C(F)(F)F)cn23)c(Cl)c1. The third-order valence-corrected chi connectivity index (χ3v) is 5.02. The fourth-order valence-corrected chi connectivity index (χ4v) is 3.46. The molecule has 0 unspecified atom stereocenters. The average Bonchev–Trinajstić information content (AvgIpc) is 2.98. The van der Waals surface area contributed by atoms with Crippen LogP contribution in [-0.4, -0.2) is 26.3 Å². The Morgan fingerprint density at radius 3 is 2.63 bits per heavy atom. The van der Waals surface area contributed by atoms with E-state index < -0.39 is 11.7 Å². The Morgan fingerprint density at radius 1 is 1.22 bits per heavy atom. The Kier molecular flexibility index (Phi) is 5.55. The van der Waals surface area contributed by atoms with E-state index in [1.165, 1.54) is 0 Å². The number of carbonyl (C=O) groups excluding carboxylic acids is 1. The van der Waals surface area contributed by atoms with Crippen molar-refractivity contribution in [3.8, 4) is 0 Å². The minimum absolute atomic E-state index is 0.0779. The molecular weight excluding hydrogens is 424 g/mol. The van der Waals surface area contributed by atoms with E-state index in [0.29, 0.717) is 10.7 Å². The van der Waals surface area contributed by atoms with Gasteiger partial charge in [-0.15, -0.1) is 10.2 Å². The summed E-state index contributed by atoms with van der Waals surface area (Å²) in [4.78, 5) is 12.1. The molecule has 3 rings (SSSR count). The number of aromatic nitrogens is 3. The molecule has 1 N–H and O–H groups in total. The van der Waals surface area contributed by atoms with E-state index in [-0.39, 0.29) is 27.5 Å². The number of nitrogens with zero attached hydrogens (tertiary/aromatic N) is 3. The van der Waals surface area contributed by atoms with Gasteiger partial charge < -0.3 is 5.32 Å². The molecule has 11 heteroatoms. The summed E-state index contributed by atoms with van der Waals surface area (Å²) in [5.74, 6) is -0.487. The second kappa shape index (κ2) is 7.57. The third kappa shape index (κ3) is 4.48. The molecule has 0 spiro atoms. The van der Waals surface area contributed by atoms with E-state index in [9.17, 15) is 18.0 Å². The number of fused-ring (bicyclic) bond motifs is 1. The summed E-state index contributed by atoms with van der Waals surface area (Å²) in [6.07, 6.45) is -3.72. The van der Waals surface area contributed by atoms with Crippen molar-refractivity contribution in [3.63, 3.8) is 0 Å². The number of rotatable bonds is 4. The maximum Gasteiger partial charge on any atom is 0.417 e. The normalized spacial score (nSPS) is 11.8. The number of benzene rings is 1. The average molecular weight is 435 g/mol. The first kappa shape index (κ1) is 19.8. The topological polar surface area (TPSA) is 59.3 Å². The first-order valence-corrected chi connectivity index (χ1v) is 9.19. The predicted octanol–water partition coefficient (Wildman–Crippen LogP) is 5.09.